The Labute approximate surface area is 138 Å². The van der Waals surface area contributed by atoms with Crippen LogP contribution in [0.4, 0.5) is 0 Å². The molecule has 1 N–H and O–H groups in total. The number of nitrogens with zero attached hydrogens (tertiary/aromatic N) is 1. The summed E-state index contributed by atoms with van der Waals surface area (Å²) < 4.78 is 1.91. The van der Waals surface area contributed by atoms with Gasteiger partial charge in [-0.15, -0.1) is 11.3 Å². The lowest BCUT2D eigenvalue weighted by atomic mass is 10.1. The first kappa shape index (κ1) is 15.5. The van der Waals surface area contributed by atoms with Gasteiger partial charge in [-0.2, -0.15) is 0 Å². The summed E-state index contributed by atoms with van der Waals surface area (Å²) in [4.78, 5) is 25.3. The van der Waals surface area contributed by atoms with Crippen molar-refractivity contribution in [3.05, 3.63) is 57.9 Å². The van der Waals surface area contributed by atoms with Gasteiger partial charge in [0.15, 0.2) is 5.78 Å². The number of benzene rings is 1. The molecular formula is C18H18N2O2S. The Kier molecular flexibility index (Phi) is 4.30. The third kappa shape index (κ3) is 3.05. The zero-order valence-electron chi connectivity index (χ0n) is 13.1. The summed E-state index contributed by atoms with van der Waals surface area (Å²) in [6.45, 7) is 4.21. The van der Waals surface area contributed by atoms with Crippen molar-refractivity contribution in [3.8, 4) is 0 Å². The van der Waals surface area contributed by atoms with E-state index < -0.39 is 0 Å². The summed E-state index contributed by atoms with van der Waals surface area (Å²) >= 11 is 1.62. The lowest BCUT2D eigenvalue weighted by Crippen LogP contribution is -2.27. The van der Waals surface area contributed by atoms with E-state index in [1.54, 1.807) is 18.3 Å². The summed E-state index contributed by atoms with van der Waals surface area (Å²) in [6, 6.07) is 11.7. The van der Waals surface area contributed by atoms with E-state index in [9.17, 15) is 9.59 Å². The second kappa shape index (κ2) is 6.38. The maximum atomic E-state index is 12.3. The van der Waals surface area contributed by atoms with Crippen molar-refractivity contribution in [2.45, 2.75) is 26.9 Å². The van der Waals surface area contributed by atoms with Gasteiger partial charge in [-0.3, -0.25) is 9.59 Å². The molecule has 0 aliphatic rings. The Bertz CT molecular complexity index is 863. The van der Waals surface area contributed by atoms with Crippen LogP contribution in [0, 0.1) is 6.92 Å². The third-order valence-corrected chi connectivity index (χ3v) is 4.80. The van der Waals surface area contributed by atoms with E-state index in [4.69, 9.17) is 0 Å². The number of rotatable bonds is 5. The molecular weight excluding hydrogens is 308 g/mol. The molecule has 0 fully saturated rings. The minimum absolute atomic E-state index is 0.0245. The molecule has 1 aromatic carbocycles. The molecule has 1 amide bonds. The van der Waals surface area contributed by atoms with E-state index in [1.807, 2.05) is 53.3 Å². The van der Waals surface area contributed by atoms with Gasteiger partial charge in [0.05, 0.1) is 6.54 Å². The van der Waals surface area contributed by atoms with Gasteiger partial charge in [-0.1, -0.05) is 24.3 Å². The number of thiophene rings is 1. The number of Topliss-reactive ketones (excluding diaryl/α,β-unsaturated/α-hetero) is 1. The Morgan fingerprint density at radius 1 is 1.17 bits per heavy atom. The molecule has 0 unspecified atom stereocenters. The molecule has 0 saturated carbocycles. The highest BCUT2D eigenvalue weighted by Crippen LogP contribution is 2.26. The highest BCUT2D eigenvalue weighted by Gasteiger charge is 2.18. The van der Waals surface area contributed by atoms with Crippen molar-refractivity contribution in [3.63, 3.8) is 0 Å². The van der Waals surface area contributed by atoms with Crippen LogP contribution in [-0.4, -0.2) is 16.3 Å². The Morgan fingerprint density at radius 2 is 1.96 bits per heavy atom. The predicted molar refractivity (Wildman–Crippen MR) is 92.8 cm³/mol. The maximum Gasteiger partial charge on any atom is 0.240 e. The molecule has 23 heavy (non-hydrogen) atoms. The zero-order chi connectivity index (χ0) is 16.4. The van der Waals surface area contributed by atoms with Crippen molar-refractivity contribution < 1.29 is 9.59 Å². The number of hydrogen-bond donors (Lipinski definition) is 1. The van der Waals surface area contributed by atoms with Crippen LogP contribution >= 0.6 is 11.3 Å². The summed E-state index contributed by atoms with van der Waals surface area (Å²) in [5.74, 6) is -0.0335. The molecule has 2 heterocycles. The number of carbonyl (C=O) groups excluding carboxylic acids is 2. The van der Waals surface area contributed by atoms with Crippen LogP contribution in [0.3, 0.4) is 0 Å². The zero-order valence-corrected chi connectivity index (χ0v) is 13.9. The topological polar surface area (TPSA) is 51.1 Å². The van der Waals surface area contributed by atoms with Gasteiger partial charge in [0.2, 0.25) is 5.91 Å². The first-order valence-electron chi connectivity index (χ1n) is 7.45. The summed E-state index contributed by atoms with van der Waals surface area (Å²) in [5, 5.41) is 5.83. The van der Waals surface area contributed by atoms with Crippen LogP contribution in [-0.2, 0) is 17.9 Å². The van der Waals surface area contributed by atoms with Gasteiger partial charge in [0.1, 0.15) is 6.54 Å². The molecule has 0 aliphatic carbocycles. The molecule has 2 aromatic heterocycles. The smallest absolute Gasteiger partial charge is 0.240 e. The van der Waals surface area contributed by atoms with Gasteiger partial charge in [-0.05, 0) is 31.4 Å². The molecule has 3 rings (SSSR count). The van der Waals surface area contributed by atoms with Crippen LogP contribution in [0.5, 0.6) is 0 Å². The minimum atomic E-state index is -0.0580. The number of hydrogen-bond acceptors (Lipinski definition) is 3. The van der Waals surface area contributed by atoms with E-state index in [-0.39, 0.29) is 18.2 Å². The van der Waals surface area contributed by atoms with E-state index >= 15 is 0 Å². The monoisotopic (exact) mass is 326 g/mol. The normalized spacial score (nSPS) is 10.9. The van der Waals surface area contributed by atoms with Crippen LogP contribution in [0.2, 0.25) is 0 Å². The van der Waals surface area contributed by atoms with E-state index in [0.29, 0.717) is 12.1 Å². The average molecular weight is 326 g/mol. The highest BCUT2D eigenvalue weighted by atomic mass is 32.1. The molecule has 5 heteroatoms. The molecule has 0 spiro atoms. The average Bonchev–Trinajstić information content (AvgIpc) is 3.12. The molecule has 0 saturated heterocycles. The van der Waals surface area contributed by atoms with Crippen molar-refractivity contribution in [2.24, 2.45) is 0 Å². The lowest BCUT2D eigenvalue weighted by Gasteiger charge is -2.09. The van der Waals surface area contributed by atoms with Crippen molar-refractivity contribution in [2.75, 3.05) is 0 Å². The number of nitrogens with one attached hydrogen (secondary N) is 1. The third-order valence-electron chi connectivity index (χ3n) is 3.92. The quantitative estimate of drug-likeness (QED) is 0.729. The first-order chi connectivity index (χ1) is 11.1. The Balaban J connectivity index is 1.86. The lowest BCUT2D eigenvalue weighted by molar-refractivity contribution is -0.121. The van der Waals surface area contributed by atoms with E-state index in [2.05, 4.69) is 5.32 Å². The number of amides is 1. The van der Waals surface area contributed by atoms with Gasteiger partial charge in [0.25, 0.3) is 0 Å². The SMILES string of the molecule is CC(=O)c1c(C)n(CC(=O)NCc2cccs2)c2ccccc12. The Hall–Kier alpha value is -2.40. The van der Waals surface area contributed by atoms with Gasteiger partial charge in [0, 0.05) is 27.0 Å². The van der Waals surface area contributed by atoms with Crippen LogP contribution in [0.15, 0.2) is 41.8 Å². The second-order valence-corrected chi connectivity index (χ2v) is 6.51. The van der Waals surface area contributed by atoms with Gasteiger partial charge >= 0.3 is 0 Å². The van der Waals surface area contributed by atoms with Crippen LogP contribution in [0.25, 0.3) is 10.9 Å². The maximum absolute atomic E-state index is 12.3. The van der Waals surface area contributed by atoms with E-state index in [0.717, 1.165) is 21.5 Å². The molecule has 0 bridgehead atoms. The first-order valence-corrected chi connectivity index (χ1v) is 8.33. The highest BCUT2D eigenvalue weighted by molar-refractivity contribution is 7.09. The largest absolute Gasteiger partial charge is 0.350 e. The van der Waals surface area contributed by atoms with Crippen molar-refractivity contribution in [1.82, 2.24) is 9.88 Å². The molecule has 0 atom stereocenters. The fourth-order valence-corrected chi connectivity index (χ4v) is 3.52. The fourth-order valence-electron chi connectivity index (χ4n) is 2.88. The summed E-state index contributed by atoms with van der Waals surface area (Å²) in [5.41, 5.74) is 2.46. The number of carbonyl (C=O) groups is 2. The van der Waals surface area contributed by atoms with Crippen molar-refractivity contribution >= 4 is 33.9 Å². The number of fused-ring (bicyclic) bond motifs is 1. The summed E-state index contributed by atoms with van der Waals surface area (Å²) in [6.07, 6.45) is 0. The van der Waals surface area contributed by atoms with Gasteiger partial charge in [-0.25, -0.2) is 0 Å². The predicted octanol–water partition coefficient (Wildman–Crippen LogP) is 3.53. The molecule has 0 aliphatic heterocycles. The van der Waals surface area contributed by atoms with E-state index in [1.165, 1.54) is 0 Å². The van der Waals surface area contributed by atoms with Gasteiger partial charge < -0.3 is 9.88 Å². The number of para-hydroxylation sites is 1. The summed E-state index contributed by atoms with van der Waals surface area (Å²) in [7, 11) is 0. The minimum Gasteiger partial charge on any atom is -0.350 e. The standard InChI is InChI=1S/C18H18N2O2S/c1-12-18(13(2)21)15-7-3-4-8-16(15)20(12)11-17(22)19-10-14-6-5-9-23-14/h3-9H,10-11H2,1-2H3,(H,19,22). The molecule has 3 aromatic rings. The molecule has 118 valence electrons. The van der Waals surface area contributed by atoms with Crippen LogP contribution in [0.1, 0.15) is 27.9 Å². The second-order valence-electron chi connectivity index (χ2n) is 5.48. The number of ketones is 1. The Morgan fingerprint density at radius 3 is 2.65 bits per heavy atom. The fraction of sp³-hybridized carbons (Fsp3) is 0.222. The molecule has 0 radical (unpaired) electrons. The molecule has 4 nitrogen and oxygen atoms in total. The van der Waals surface area contributed by atoms with Crippen molar-refractivity contribution in [1.29, 1.82) is 0 Å². The van der Waals surface area contributed by atoms with Crippen LogP contribution < -0.4 is 5.32 Å². The number of aromatic nitrogens is 1.